The molecule has 1 heterocycles. The number of ether oxygens (including phenoxy) is 2. The van der Waals surface area contributed by atoms with E-state index >= 15 is 0 Å². The molecule has 0 radical (unpaired) electrons. The number of hydrogen-bond donors (Lipinski definition) is 0. The van der Waals surface area contributed by atoms with Crippen molar-refractivity contribution in [2.75, 3.05) is 46.0 Å². The molecule has 1 saturated heterocycles. The molecule has 1 rings (SSSR count). The molecule has 0 aliphatic carbocycles. The molecule has 1 atom stereocenters. The lowest BCUT2D eigenvalue weighted by atomic mass is 10.2. The molecule has 0 unspecified atom stereocenters. The Bertz CT molecular complexity index is 319. The van der Waals surface area contributed by atoms with Crippen LogP contribution in [0.4, 0.5) is 0 Å². The van der Waals surface area contributed by atoms with E-state index in [9.17, 15) is 4.79 Å². The Morgan fingerprint density at radius 2 is 2.33 bits per heavy atom. The topological polar surface area (TPSA) is 74.9 Å². The van der Waals surface area contributed by atoms with E-state index in [1.165, 1.54) is 6.21 Å². The fourth-order valence-electron chi connectivity index (χ4n) is 1.58. The number of carbonyl (C=O) groups excluding carboxylic acids is 1. The zero-order valence-corrected chi connectivity index (χ0v) is 10.7. The lowest BCUT2D eigenvalue weighted by molar-refractivity contribution is -0.143. The van der Waals surface area contributed by atoms with Crippen LogP contribution in [0.3, 0.4) is 0 Å². The fraction of sp³-hybridized carbons (Fsp3) is 0.750. The molecule has 6 nitrogen and oxygen atoms in total. The molecular weight excluding hydrogens is 234 g/mol. The highest BCUT2D eigenvalue weighted by Gasteiger charge is 2.16. The minimum Gasteiger partial charge on any atom is -0.465 e. The SMILES string of the molecule is CCOC(=O)[C@H](C#N)C=NCCN1CCOCC1. The Morgan fingerprint density at radius 1 is 1.61 bits per heavy atom. The van der Waals surface area contributed by atoms with Gasteiger partial charge < -0.3 is 9.47 Å². The number of nitriles is 1. The van der Waals surface area contributed by atoms with Gasteiger partial charge in [0.05, 0.1) is 32.4 Å². The fourth-order valence-corrected chi connectivity index (χ4v) is 1.58. The molecular formula is C12H19N3O3. The molecule has 0 spiro atoms. The first-order valence-corrected chi connectivity index (χ1v) is 6.14. The maximum Gasteiger partial charge on any atom is 0.328 e. The van der Waals surface area contributed by atoms with Crippen LogP contribution in [0.1, 0.15) is 6.92 Å². The summed E-state index contributed by atoms with van der Waals surface area (Å²) < 4.78 is 10.00. The number of hydrogen-bond acceptors (Lipinski definition) is 6. The molecule has 0 aromatic rings. The van der Waals surface area contributed by atoms with Gasteiger partial charge in [-0.2, -0.15) is 5.26 Å². The second-order valence-electron chi connectivity index (χ2n) is 3.87. The van der Waals surface area contributed by atoms with Crippen LogP contribution in [0, 0.1) is 17.2 Å². The van der Waals surface area contributed by atoms with Crippen LogP contribution in [0.5, 0.6) is 0 Å². The Hall–Kier alpha value is -1.45. The summed E-state index contributed by atoms with van der Waals surface area (Å²) in [7, 11) is 0. The van der Waals surface area contributed by atoms with E-state index in [1.807, 2.05) is 6.07 Å². The van der Waals surface area contributed by atoms with Gasteiger partial charge >= 0.3 is 5.97 Å². The van der Waals surface area contributed by atoms with Crippen molar-refractivity contribution >= 4 is 12.2 Å². The first kappa shape index (κ1) is 14.6. The second kappa shape index (κ2) is 8.61. The van der Waals surface area contributed by atoms with Gasteiger partial charge in [0.2, 0.25) is 0 Å². The van der Waals surface area contributed by atoms with Gasteiger partial charge in [0.25, 0.3) is 0 Å². The monoisotopic (exact) mass is 253 g/mol. The van der Waals surface area contributed by atoms with E-state index in [-0.39, 0.29) is 6.61 Å². The average molecular weight is 253 g/mol. The number of rotatable bonds is 6. The Labute approximate surface area is 107 Å². The van der Waals surface area contributed by atoms with Gasteiger partial charge in [0.1, 0.15) is 0 Å². The quantitative estimate of drug-likeness (QED) is 0.495. The Morgan fingerprint density at radius 3 is 2.94 bits per heavy atom. The molecule has 0 bridgehead atoms. The standard InChI is InChI=1S/C12H19N3O3/c1-2-18-12(16)11(9-13)10-14-3-4-15-5-7-17-8-6-15/h10-11H,2-8H2,1H3/t11-/m1/s1. The van der Waals surface area contributed by atoms with Crippen LogP contribution < -0.4 is 0 Å². The first-order valence-electron chi connectivity index (χ1n) is 6.14. The van der Waals surface area contributed by atoms with Crippen molar-refractivity contribution in [2.45, 2.75) is 6.92 Å². The number of morpholine rings is 1. The maximum absolute atomic E-state index is 11.3. The molecule has 0 N–H and O–H groups in total. The minimum atomic E-state index is -0.894. The van der Waals surface area contributed by atoms with Crippen LogP contribution in [-0.2, 0) is 14.3 Å². The molecule has 0 aromatic heterocycles. The van der Waals surface area contributed by atoms with Gasteiger partial charge in [0, 0.05) is 25.8 Å². The predicted molar refractivity (Wildman–Crippen MR) is 66.4 cm³/mol. The van der Waals surface area contributed by atoms with Crippen LogP contribution in [-0.4, -0.2) is 63.1 Å². The summed E-state index contributed by atoms with van der Waals surface area (Å²) in [6, 6.07) is 1.87. The van der Waals surface area contributed by atoms with Gasteiger partial charge in [-0.05, 0) is 6.92 Å². The summed E-state index contributed by atoms with van der Waals surface area (Å²) in [6.07, 6.45) is 1.37. The van der Waals surface area contributed by atoms with Gasteiger partial charge in [0.15, 0.2) is 5.92 Å². The van der Waals surface area contributed by atoms with Crippen LogP contribution in [0.25, 0.3) is 0 Å². The third kappa shape index (κ3) is 5.25. The first-order chi connectivity index (χ1) is 8.77. The van der Waals surface area contributed by atoms with E-state index < -0.39 is 11.9 Å². The number of nitrogens with zero attached hydrogens (tertiary/aromatic N) is 3. The summed E-state index contributed by atoms with van der Waals surface area (Å²) >= 11 is 0. The summed E-state index contributed by atoms with van der Waals surface area (Å²) in [5, 5.41) is 8.80. The van der Waals surface area contributed by atoms with E-state index in [0.717, 1.165) is 32.8 Å². The molecule has 1 aliphatic heterocycles. The van der Waals surface area contributed by atoms with E-state index in [2.05, 4.69) is 9.89 Å². The molecule has 100 valence electrons. The average Bonchev–Trinajstić information content (AvgIpc) is 2.40. The third-order valence-electron chi connectivity index (χ3n) is 2.58. The summed E-state index contributed by atoms with van der Waals surface area (Å²) in [4.78, 5) is 17.7. The molecule has 1 fully saturated rings. The van der Waals surface area contributed by atoms with Crippen molar-refractivity contribution in [3.63, 3.8) is 0 Å². The van der Waals surface area contributed by atoms with Crippen molar-refractivity contribution in [3.8, 4) is 6.07 Å². The molecule has 0 aromatic carbocycles. The third-order valence-corrected chi connectivity index (χ3v) is 2.58. The predicted octanol–water partition coefficient (Wildman–Crippen LogP) is 0.0923. The molecule has 1 aliphatic rings. The minimum absolute atomic E-state index is 0.276. The van der Waals surface area contributed by atoms with Crippen LogP contribution in [0.15, 0.2) is 4.99 Å². The van der Waals surface area contributed by atoms with Gasteiger partial charge in [-0.1, -0.05) is 0 Å². The number of esters is 1. The van der Waals surface area contributed by atoms with E-state index in [4.69, 9.17) is 14.7 Å². The zero-order valence-electron chi connectivity index (χ0n) is 10.7. The zero-order chi connectivity index (χ0) is 13.2. The molecule has 18 heavy (non-hydrogen) atoms. The number of carbonyl (C=O) groups is 1. The highest BCUT2D eigenvalue weighted by atomic mass is 16.5. The molecule has 6 heteroatoms. The highest BCUT2D eigenvalue weighted by Crippen LogP contribution is 1.97. The summed E-state index contributed by atoms with van der Waals surface area (Å²) in [6.45, 7) is 6.73. The van der Waals surface area contributed by atoms with Crippen LogP contribution in [0.2, 0.25) is 0 Å². The lowest BCUT2D eigenvalue weighted by Crippen LogP contribution is -2.37. The van der Waals surface area contributed by atoms with Gasteiger partial charge in [-0.3, -0.25) is 14.7 Å². The maximum atomic E-state index is 11.3. The smallest absolute Gasteiger partial charge is 0.328 e. The Balaban J connectivity index is 2.25. The van der Waals surface area contributed by atoms with Crippen molar-refractivity contribution in [2.24, 2.45) is 10.9 Å². The van der Waals surface area contributed by atoms with E-state index in [1.54, 1.807) is 6.92 Å². The van der Waals surface area contributed by atoms with Crippen molar-refractivity contribution in [1.29, 1.82) is 5.26 Å². The van der Waals surface area contributed by atoms with Gasteiger partial charge in [-0.15, -0.1) is 0 Å². The summed E-state index contributed by atoms with van der Waals surface area (Å²) in [5.41, 5.74) is 0. The second-order valence-corrected chi connectivity index (χ2v) is 3.87. The number of aliphatic imine (C=N–C) groups is 1. The Kier molecular flexibility index (Phi) is 6.99. The lowest BCUT2D eigenvalue weighted by Gasteiger charge is -2.25. The summed E-state index contributed by atoms with van der Waals surface area (Å²) in [5.74, 6) is -1.43. The van der Waals surface area contributed by atoms with Crippen molar-refractivity contribution < 1.29 is 14.3 Å². The largest absolute Gasteiger partial charge is 0.465 e. The van der Waals surface area contributed by atoms with Gasteiger partial charge in [-0.25, -0.2) is 0 Å². The highest BCUT2D eigenvalue weighted by molar-refractivity contribution is 5.92. The van der Waals surface area contributed by atoms with Crippen molar-refractivity contribution in [3.05, 3.63) is 0 Å². The van der Waals surface area contributed by atoms with Crippen LogP contribution >= 0.6 is 0 Å². The normalized spacial score (nSPS) is 18.4. The molecule has 0 amide bonds. The van der Waals surface area contributed by atoms with Crippen molar-refractivity contribution in [1.82, 2.24) is 4.90 Å². The molecule has 0 saturated carbocycles. The van der Waals surface area contributed by atoms with E-state index in [0.29, 0.717) is 6.54 Å².